The van der Waals surface area contributed by atoms with Gasteiger partial charge in [-0.25, -0.2) is 4.79 Å². The lowest BCUT2D eigenvalue weighted by Crippen LogP contribution is -2.07. The third-order valence-electron chi connectivity index (χ3n) is 2.64. The molecule has 7 nitrogen and oxygen atoms in total. The molecule has 0 unspecified atom stereocenters. The largest absolute Gasteiger partial charge is 0.464 e. The van der Waals surface area contributed by atoms with E-state index in [4.69, 9.17) is 0 Å². The van der Waals surface area contributed by atoms with Crippen LogP contribution in [-0.4, -0.2) is 28.2 Å². The molecule has 22 heavy (non-hydrogen) atoms. The second kappa shape index (κ2) is 3.85. The molecule has 0 saturated carbocycles. The Morgan fingerprint density at radius 1 is 1.32 bits per heavy atom. The summed E-state index contributed by atoms with van der Waals surface area (Å²) in [6, 6.07) is -0.384. The van der Waals surface area contributed by atoms with Crippen molar-refractivity contribution in [1.82, 2.24) is 10.2 Å². The number of rotatable bonds is 3. The van der Waals surface area contributed by atoms with Crippen LogP contribution in [0, 0.1) is 10.1 Å². The van der Waals surface area contributed by atoms with Crippen molar-refractivity contribution in [2.45, 2.75) is 4.90 Å². The summed E-state index contributed by atoms with van der Waals surface area (Å²) in [5.74, 6) is -1.21. The molecule has 0 bridgehead atoms. The number of ether oxygens (including phenoxy) is 1. The maximum Gasteiger partial charge on any atom is 0.356 e. The number of fused-ring (bicyclic) bond motifs is 1. The van der Waals surface area contributed by atoms with Gasteiger partial charge in [0.15, 0.2) is 11.2 Å². The zero-order chi connectivity index (χ0) is 17.0. The number of non-ortho nitro benzene ring substituents is 1. The van der Waals surface area contributed by atoms with Crippen molar-refractivity contribution >= 4 is 32.8 Å². The Morgan fingerprint density at radius 3 is 2.36 bits per heavy atom. The van der Waals surface area contributed by atoms with Crippen LogP contribution in [0.5, 0.6) is 0 Å². The molecular formula is C9H6F5N3O4S. The van der Waals surface area contributed by atoms with E-state index in [-0.39, 0.29) is 12.1 Å². The Kier molecular flexibility index (Phi) is 2.79. The first-order valence-electron chi connectivity index (χ1n) is 5.23. The van der Waals surface area contributed by atoms with Crippen molar-refractivity contribution in [3.05, 3.63) is 27.9 Å². The van der Waals surface area contributed by atoms with Gasteiger partial charge in [-0.3, -0.25) is 15.2 Å². The number of nitrogens with one attached hydrogen (secondary N) is 1. The predicted molar refractivity (Wildman–Crippen MR) is 65.5 cm³/mol. The molecule has 2 aromatic rings. The summed E-state index contributed by atoms with van der Waals surface area (Å²) in [5, 5.41) is 15.2. The minimum atomic E-state index is -10.2. The van der Waals surface area contributed by atoms with E-state index in [2.05, 4.69) is 9.84 Å². The third kappa shape index (κ3) is 2.66. The highest BCUT2D eigenvalue weighted by atomic mass is 32.5. The Hall–Kier alpha value is -2.44. The molecule has 0 aliphatic heterocycles. The Bertz CT molecular complexity index is 816. The standard InChI is InChI=1S/C9H6F5N3O4S/c1-21-9(18)8-5-2-4(22(10,11,12,13)14)3-6(17(19)20)7(5)15-16-8/h2-3H,1H3,(H,15,16). The molecule has 1 aromatic carbocycles. The van der Waals surface area contributed by atoms with Crippen LogP contribution < -0.4 is 0 Å². The maximum atomic E-state index is 12.9. The van der Waals surface area contributed by atoms with Crippen molar-refractivity contribution < 1.29 is 33.9 Å². The summed E-state index contributed by atoms with van der Waals surface area (Å²) in [6.07, 6.45) is 0. The highest BCUT2D eigenvalue weighted by Crippen LogP contribution is 3.02. The number of carbonyl (C=O) groups excluding carboxylic acids is 1. The fourth-order valence-electron chi connectivity index (χ4n) is 1.69. The molecule has 1 aromatic heterocycles. The number of H-pyrrole nitrogens is 1. The fraction of sp³-hybridized carbons (Fsp3) is 0.111. The van der Waals surface area contributed by atoms with Crippen LogP contribution in [0.3, 0.4) is 0 Å². The van der Waals surface area contributed by atoms with Crippen LogP contribution in [-0.2, 0) is 4.74 Å². The molecular weight excluding hydrogens is 341 g/mol. The van der Waals surface area contributed by atoms with Crippen molar-refractivity contribution in [3.63, 3.8) is 0 Å². The van der Waals surface area contributed by atoms with E-state index < -0.39 is 48.3 Å². The van der Waals surface area contributed by atoms with E-state index in [1.54, 1.807) is 0 Å². The van der Waals surface area contributed by atoms with Gasteiger partial charge in [0, 0.05) is 11.5 Å². The summed E-state index contributed by atoms with van der Waals surface area (Å²) in [6.45, 7) is 0. The molecule has 1 N–H and O–H groups in total. The van der Waals surface area contributed by atoms with E-state index in [9.17, 15) is 34.3 Å². The highest BCUT2D eigenvalue weighted by Gasteiger charge is 2.66. The number of carbonyl (C=O) groups is 1. The summed E-state index contributed by atoms with van der Waals surface area (Å²) < 4.78 is 68.6. The number of esters is 1. The second-order valence-electron chi connectivity index (χ2n) is 4.15. The summed E-state index contributed by atoms with van der Waals surface area (Å²) >= 11 is 0. The average Bonchev–Trinajstić information content (AvgIpc) is 2.77. The van der Waals surface area contributed by atoms with E-state index in [1.165, 1.54) is 0 Å². The number of hydrogen-bond donors (Lipinski definition) is 1. The van der Waals surface area contributed by atoms with Crippen LogP contribution in [0.4, 0.5) is 25.1 Å². The topological polar surface area (TPSA) is 98.1 Å². The average molecular weight is 347 g/mol. The Morgan fingerprint density at radius 2 is 1.91 bits per heavy atom. The zero-order valence-corrected chi connectivity index (χ0v) is 11.3. The Labute approximate surface area is 117 Å². The lowest BCUT2D eigenvalue weighted by atomic mass is 10.2. The number of methoxy groups -OCH3 is 1. The van der Waals surface area contributed by atoms with E-state index in [0.717, 1.165) is 7.11 Å². The molecule has 13 heteroatoms. The van der Waals surface area contributed by atoms with Gasteiger partial charge in [0.2, 0.25) is 0 Å². The number of aromatic nitrogens is 2. The van der Waals surface area contributed by atoms with Crippen LogP contribution >= 0.6 is 10.2 Å². The minimum absolute atomic E-state index is 0.0698. The Balaban J connectivity index is 2.94. The molecule has 0 radical (unpaired) electrons. The van der Waals surface area contributed by atoms with Crippen LogP contribution in [0.2, 0.25) is 0 Å². The number of aromatic amines is 1. The van der Waals surface area contributed by atoms with Gasteiger partial charge in [-0.1, -0.05) is 19.4 Å². The third-order valence-corrected chi connectivity index (χ3v) is 3.77. The molecule has 0 spiro atoms. The molecule has 2 rings (SSSR count). The first-order chi connectivity index (χ1) is 9.74. The molecule has 0 fully saturated rings. The van der Waals surface area contributed by atoms with Gasteiger partial charge in [0.05, 0.1) is 12.0 Å². The maximum absolute atomic E-state index is 12.9. The fourth-order valence-corrected chi connectivity index (χ4v) is 2.37. The van der Waals surface area contributed by atoms with Crippen LogP contribution in [0.25, 0.3) is 10.9 Å². The summed E-state index contributed by atoms with van der Waals surface area (Å²) in [7, 11) is -9.30. The summed E-state index contributed by atoms with van der Waals surface area (Å²) in [5.41, 5.74) is -2.69. The number of halogens is 5. The first-order valence-corrected chi connectivity index (χ1v) is 7.18. The van der Waals surface area contributed by atoms with Crippen molar-refractivity contribution in [1.29, 1.82) is 0 Å². The van der Waals surface area contributed by atoms with E-state index in [0.29, 0.717) is 0 Å². The van der Waals surface area contributed by atoms with Crippen LogP contribution in [0.1, 0.15) is 10.5 Å². The smallest absolute Gasteiger partial charge is 0.356 e. The normalized spacial score (nSPS) is 15.2. The second-order valence-corrected chi connectivity index (χ2v) is 6.56. The number of hydrogen-bond acceptors (Lipinski definition) is 5. The number of nitro benzene ring substituents is 1. The van der Waals surface area contributed by atoms with Crippen molar-refractivity contribution in [2.24, 2.45) is 0 Å². The lowest BCUT2D eigenvalue weighted by Gasteiger charge is -2.40. The summed E-state index contributed by atoms with van der Waals surface area (Å²) in [4.78, 5) is 18.4. The van der Waals surface area contributed by atoms with Gasteiger partial charge in [-0.2, -0.15) is 5.10 Å². The van der Waals surface area contributed by atoms with Gasteiger partial charge in [-0.15, -0.1) is 0 Å². The monoisotopic (exact) mass is 347 g/mol. The van der Waals surface area contributed by atoms with Gasteiger partial charge in [0.25, 0.3) is 5.69 Å². The minimum Gasteiger partial charge on any atom is -0.464 e. The van der Waals surface area contributed by atoms with Gasteiger partial charge in [-0.05, 0) is 6.07 Å². The predicted octanol–water partition coefficient (Wildman–Crippen LogP) is 3.92. The van der Waals surface area contributed by atoms with Gasteiger partial charge < -0.3 is 4.74 Å². The number of nitrogens with zero attached hydrogens (tertiary/aromatic N) is 2. The molecule has 0 amide bonds. The molecule has 0 atom stereocenters. The van der Waals surface area contributed by atoms with E-state index >= 15 is 0 Å². The SMILES string of the molecule is COC(=O)c1[nH]nc2c([N+](=O)[O-])cc(S(F)(F)(F)(F)F)cc12. The lowest BCUT2D eigenvalue weighted by molar-refractivity contribution is -0.383. The molecule has 0 saturated heterocycles. The quantitative estimate of drug-likeness (QED) is 0.393. The van der Waals surface area contributed by atoms with Crippen molar-refractivity contribution in [2.75, 3.05) is 7.11 Å². The number of nitro groups is 1. The molecule has 1 heterocycles. The van der Waals surface area contributed by atoms with Gasteiger partial charge >= 0.3 is 16.2 Å². The van der Waals surface area contributed by atoms with Crippen molar-refractivity contribution in [3.8, 4) is 0 Å². The van der Waals surface area contributed by atoms with E-state index in [1.807, 2.05) is 5.10 Å². The first kappa shape index (κ1) is 15.9. The van der Waals surface area contributed by atoms with Crippen LogP contribution in [0.15, 0.2) is 17.0 Å². The molecule has 0 aliphatic carbocycles. The number of benzene rings is 1. The highest BCUT2D eigenvalue weighted by molar-refractivity contribution is 8.45. The van der Waals surface area contributed by atoms with Gasteiger partial charge in [0.1, 0.15) is 4.90 Å². The zero-order valence-electron chi connectivity index (χ0n) is 10.5. The molecule has 0 aliphatic rings. The molecule has 122 valence electrons.